The molecule has 1 atom stereocenters. The van der Waals surface area contributed by atoms with Gasteiger partial charge in [0.25, 0.3) is 17.4 Å². The number of carbonyl (C=O) groups excluding carboxylic acids is 4. The Balaban J connectivity index is 0.838. The number of aromatic nitrogens is 1. The molecule has 5 aliphatic heterocycles. The van der Waals surface area contributed by atoms with Gasteiger partial charge in [-0.05, 0) is 111 Å². The summed E-state index contributed by atoms with van der Waals surface area (Å²) in [6, 6.07) is 8.54. The molecule has 3 fully saturated rings. The second kappa shape index (κ2) is 17.3. The number of ether oxygens (including phenoxy) is 2. The molecule has 0 saturated carbocycles. The number of carbonyl (C=O) groups is 4. The SMILES string of the molecule is CNC(=S)N1CCc2c(-c3cc(OC)c(CN4CCC(CCN5CCN(c6ccc7c(c6)C(=O)N(C6CCC(=O)NC6=O)C7=O)CC5)CC4)c(OC)c3)cn(C)c(=O)c2C1. The number of anilines is 1. The van der Waals surface area contributed by atoms with E-state index in [0.717, 1.165) is 128 Å². The van der Waals surface area contributed by atoms with Crippen LogP contribution < -0.4 is 30.6 Å². The van der Waals surface area contributed by atoms with Crippen LogP contribution in [0.5, 0.6) is 11.5 Å². The van der Waals surface area contributed by atoms with E-state index in [-0.39, 0.29) is 24.3 Å². The van der Waals surface area contributed by atoms with Crippen LogP contribution >= 0.6 is 12.2 Å². The molecule has 6 heterocycles. The molecule has 1 unspecified atom stereocenters. The number of pyridine rings is 1. The Morgan fingerprint density at radius 3 is 2.18 bits per heavy atom. The van der Waals surface area contributed by atoms with Gasteiger partial charge in [0.05, 0.1) is 37.5 Å². The summed E-state index contributed by atoms with van der Waals surface area (Å²) in [7, 11) is 7.01. The average Bonchev–Trinajstić information content (AvgIpc) is 3.51. The smallest absolute Gasteiger partial charge is 0.262 e. The number of aryl methyl sites for hydroxylation is 1. The van der Waals surface area contributed by atoms with E-state index in [1.54, 1.807) is 45.0 Å². The lowest BCUT2D eigenvalue weighted by atomic mass is 9.91. The molecule has 15 nitrogen and oxygen atoms in total. The molecular formula is C44H54N8O7S. The van der Waals surface area contributed by atoms with Gasteiger partial charge in [0, 0.05) is 82.8 Å². The fourth-order valence-electron chi connectivity index (χ4n) is 9.58. The van der Waals surface area contributed by atoms with Crippen molar-refractivity contribution in [3.8, 4) is 22.6 Å². The number of benzene rings is 2. The van der Waals surface area contributed by atoms with Gasteiger partial charge >= 0.3 is 0 Å². The highest BCUT2D eigenvalue weighted by atomic mass is 32.1. The van der Waals surface area contributed by atoms with Crippen LogP contribution in [0.3, 0.4) is 0 Å². The van der Waals surface area contributed by atoms with Crippen LogP contribution in [0.2, 0.25) is 0 Å². The van der Waals surface area contributed by atoms with Crippen LogP contribution in [-0.2, 0) is 36.1 Å². The van der Waals surface area contributed by atoms with Crippen molar-refractivity contribution in [3.63, 3.8) is 0 Å². The van der Waals surface area contributed by atoms with Gasteiger partial charge < -0.3 is 29.2 Å². The van der Waals surface area contributed by atoms with Crippen molar-refractivity contribution >= 4 is 46.6 Å². The number of piperazine rings is 1. The van der Waals surface area contributed by atoms with Crippen molar-refractivity contribution in [1.29, 1.82) is 0 Å². The zero-order valence-electron chi connectivity index (χ0n) is 34.9. The summed E-state index contributed by atoms with van der Waals surface area (Å²) in [6.45, 7) is 8.39. The fraction of sp³-hybridized carbons (Fsp3) is 0.500. The minimum Gasteiger partial charge on any atom is -0.496 e. The molecule has 2 N–H and O–H groups in total. The standard InChI is InChI=1S/C44H54N8O7S/c1-45-44(60)51-16-12-30-33(24-47(2)41(55)34(30)26-51)28-21-37(58-3)35(38(22-28)59-4)25-49-14-10-27(11-15-49)9-13-48-17-19-50(20-18-48)29-5-6-31-32(23-29)43(57)52(42(31)56)36-7-8-39(53)46-40(36)54/h5-6,21-24,27,36H,7-20,25-26H2,1-4H3,(H,45,60)(H,46,53,54). The normalized spacial score (nSPS) is 20.3. The van der Waals surface area contributed by atoms with Crippen LogP contribution in [0.1, 0.15) is 69.5 Å². The largest absolute Gasteiger partial charge is 0.496 e. The summed E-state index contributed by atoms with van der Waals surface area (Å²) >= 11 is 5.49. The lowest BCUT2D eigenvalue weighted by Gasteiger charge is -2.38. The zero-order chi connectivity index (χ0) is 42.2. The molecule has 3 aromatic rings. The minimum atomic E-state index is -0.970. The van der Waals surface area contributed by atoms with E-state index in [4.69, 9.17) is 21.7 Å². The number of likely N-dealkylation sites (tertiary alicyclic amines) is 1. The van der Waals surface area contributed by atoms with E-state index >= 15 is 0 Å². The number of imide groups is 2. The molecule has 4 amide bonds. The Bertz CT molecular complexity index is 2260. The van der Waals surface area contributed by atoms with Crippen LogP contribution in [0.15, 0.2) is 41.3 Å². The Morgan fingerprint density at radius 2 is 1.52 bits per heavy atom. The minimum absolute atomic E-state index is 0.00590. The Labute approximate surface area is 355 Å². The van der Waals surface area contributed by atoms with Gasteiger partial charge in [0.2, 0.25) is 11.8 Å². The van der Waals surface area contributed by atoms with Gasteiger partial charge in [-0.15, -0.1) is 0 Å². The lowest BCUT2D eigenvalue weighted by Crippen LogP contribution is -2.54. The maximum absolute atomic E-state index is 13.4. The molecule has 0 radical (unpaired) electrons. The van der Waals surface area contributed by atoms with Crippen LogP contribution in [-0.4, -0.2) is 133 Å². The number of piperidine rings is 2. The first-order chi connectivity index (χ1) is 29.0. The number of thiocarbonyl (C=S) groups is 1. The number of amides is 4. The maximum Gasteiger partial charge on any atom is 0.262 e. The van der Waals surface area contributed by atoms with Crippen molar-refractivity contribution in [3.05, 3.63) is 74.7 Å². The van der Waals surface area contributed by atoms with Gasteiger partial charge in [0.15, 0.2) is 5.11 Å². The summed E-state index contributed by atoms with van der Waals surface area (Å²) in [4.78, 5) is 74.2. The third-order valence-corrected chi connectivity index (χ3v) is 13.6. The molecule has 3 saturated heterocycles. The monoisotopic (exact) mass is 838 g/mol. The fourth-order valence-corrected chi connectivity index (χ4v) is 9.74. The van der Waals surface area contributed by atoms with E-state index in [9.17, 15) is 24.0 Å². The lowest BCUT2D eigenvalue weighted by molar-refractivity contribution is -0.136. The average molecular weight is 839 g/mol. The maximum atomic E-state index is 13.4. The Kier molecular flexibility index (Phi) is 12.0. The zero-order valence-corrected chi connectivity index (χ0v) is 35.7. The van der Waals surface area contributed by atoms with Crippen molar-refractivity contribution < 1.29 is 28.7 Å². The van der Waals surface area contributed by atoms with Crippen LogP contribution in [0.4, 0.5) is 5.69 Å². The predicted octanol–water partition coefficient (Wildman–Crippen LogP) is 2.76. The molecule has 318 valence electrons. The molecule has 1 aromatic heterocycles. The van der Waals surface area contributed by atoms with Gasteiger partial charge in [0.1, 0.15) is 17.5 Å². The molecule has 5 aliphatic rings. The molecule has 8 rings (SSSR count). The van der Waals surface area contributed by atoms with Gasteiger partial charge in [-0.1, -0.05) is 0 Å². The van der Waals surface area contributed by atoms with E-state index in [1.807, 2.05) is 17.2 Å². The van der Waals surface area contributed by atoms with Gasteiger partial charge in [-0.25, -0.2) is 0 Å². The van der Waals surface area contributed by atoms with E-state index in [0.29, 0.717) is 35.1 Å². The second-order valence-electron chi connectivity index (χ2n) is 16.5. The molecule has 60 heavy (non-hydrogen) atoms. The van der Waals surface area contributed by atoms with Crippen molar-refractivity contribution in [2.24, 2.45) is 13.0 Å². The number of rotatable bonds is 10. The second-order valence-corrected chi connectivity index (χ2v) is 16.9. The van der Waals surface area contributed by atoms with Crippen LogP contribution in [0, 0.1) is 5.92 Å². The third-order valence-electron chi connectivity index (χ3n) is 13.1. The first-order valence-electron chi connectivity index (χ1n) is 21.0. The quantitative estimate of drug-likeness (QED) is 0.228. The van der Waals surface area contributed by atoms with E-state index in [1.165, 1.54) is 0 Å². The van der Waals surface area contributed by atoms with E-state index < -0.39 is 23.8 Å². The molecule has 0 bridgehead atoms. The van der Waals surface area contributed by atoms with Crippen molar-refractivity contribution in [2.45, 2.75) is 57.7 Å². The molecule has 0 spiro atoms. The highest BCUT2D eigenvalue weighted by Gasteiger charge is 2.45. The number of nitrogens with one attached hydrogen (secondary N) is 2. The molecule has 0 aliphatic carbocycles. The summed E-state index contributed by atoms with van der Waals surface area (Å²) in [5.41, 5.74) is 6.30. The number of fused-ring (bicyclic) bond motifs is 2. The predicted molar refractivity (Wildman–Crippen MR) is 230 cm³/mol. The number of methoxy groups -OCH3 is 2. The Morgan fingerprint density at radius 1 is 0.817 bits per heavy atom. The highest BCUT2D eigenvalue weighted by Crippen LogP contribution is 2.39. The van der Waals surface area contributed by atoms with Gasteiger partial charge in [-0.3, -0.25) is 44.0 Å². The highest BCUT2D eigenvalue weighted by molar-refractivity contribution is 7.80. The molecule has 2 aromatic carbocycles. The Hall–Kier alpha value is -5.32. The summed E-state index contributed by atoms with van der Waals surface area (Å²) in [5.74, 6) is 0.238. The number of hydrogen-bond donors (Lipinski definition) is 2. The van der Waals surface area contributed by atoms with E-state index in [2.05, 4.69) is 37.5 Å². The van der Waals surface area contributed by atoms with Gasteiger partial charge in [-0.2, -0.15) is 0 Å². The third kappa shape index (κ3) is 7.99. The van der Waals surface area contributed by atoms with Crippen molar-refractivity contribution in [1.82, 2.24) is 34.8 Å². The first-order valence-corrected chi connectivity index (χ1v) is 21.4. The topological polar surface area (TPSA) is 149 Å². The number of nitrogens with zero attached hydrogens (tertiary/aromatic N) is 6. The first kappa shape index (κ1) is 41.4. The molecular weight excluding hydrogens is 785 g/mol. The van der Waals surface area contributed by atoms with Crippen LogP contribution in [0.25, 0.3) is 11.1 Å². The number of hydrogen-bond acceptors (Lipinski definition) is 11. The van der Waals surface area contributed by atoms with Crippen molar-refractivity contribution in [2.75, 3.05) is 78.5 Å². The summed E-state index contributed by atoms with van der Waals surface area (Å²) in [6.07, 6.45) is 6.26. The summed E-state index contributed by atoms with van der Waals surface area (Å²) < 4.78 is 13.7. The summed E-state index contributed by atoms with van der Waals surface area (Å²) in [5, 5.41) is 5.93. The molecule has 16 heteroatoms.